The first kappa shape index (κ1) is 15.2. The third kappa shape index (κ3) is 4.41. The van der Waals surface area contributed by atoms with E-state index in [-0.39, 0.29) is 5.69 Å². The molecule has 0 N–H and O–H groups in total. The molecule has 20 heavy (non-hydrogen) atoms. The van der Waals surface area contributed by atoms with Gasteiger partial charge in [-0.1, -0.05) is 18.2 Å². The van der Waals surface area contributed by atoms with Gasteiger partial charge in [-0.2, -0.15) is 4.39 Å². The molecule has 0 atom stereocenters. The number of hydrogen-bond acceptors (Lipinski definition) is 4. The molecule has 0 radical (unpaired) electrons. The van der Waals surface area contributed by atoms with Crippen molar-refractivity contribution < 1.29 is 18.6 Å². The molecule has 0 heterocycles. The molecule has 0 saturated heterocycles. The van der Waals surface area contributed by atoms with E-state index in [9.17, 15) is 29.0 Å². The molecule has 0 saturated carbocycles. The van der Waals surface area contributed by atoms with Crippen LogP contribution in [0, 0.1) is 31.9 Å². The van der Waals surface area contributed by atoms with Crippen LogP contribution in [-0.4, -0.2) is 9.85 Å². The molecule has 0 amide bonds. The van der Waals surface area contributed by atoms with Gasteiger partial charge < -0.3 is 0 Å². The second-order valence-corrected chi connectivity index (χ2v) is 3.45. The highest BCUT2D eigenvalue weighted by Crippen LogP contribution is 2.14. The van der Waals surface area contributed by atoms with Crippen molar-refractivity contribution in [3.8, 4) is 0 Å². The van der Waals surface area contributed by atoms with Gasteiger partial charge in [0.1, 0.15) is 5.82 Å². The molecule has 0 aliphatic rings. The van der Waals surface area contributed by atoms with Gasteiger partial charge in [0, 0.05) is 12.1 Å². The number of rotatable bonds is 2. The van der Waals surface area contributed by atoms with Crippen molar-refractivity contribution in [2.24, 2.45) is 0 Å². The quantitative estimate of drug-likeness (QED) is 0.623. The lowest BCUT2D eigenvalue weighted by atomic mass is 10.3. The van der Waals surface area contributed by atoms with Gasteiger partial charge in [-0.25, -0.2) is 4.39 Å². The fourth-order valence-corrected chi connectivity index (χ4v) is 1.19. The summed E-state index contributed by atoms with van der Waals surface area (Å²) < 4.78 is 24.6. The standard InChI is InChI=1S/2C6H4FNO2/c7-5-2-1-3-6(4-5)8(9)10;7-5-3-1-2-4-6(5)8(9)10/h2*1-4H. The zero-order valence-corrected chi connectivity index (χ0v) is 9.90. The maximum absolute atomic E-state index is 12.4. The van der Waals surface area contributed by atoms with E-state index in [2.05, 4.69) is 0 Å². The zero-order chi connectivity index (χ0) is 15.1. The molecule has 2 aromatic rings. The second-order valence-electron chi connectivity index (χ2n) is 3.45. The summed E-state index contributed by atoms with van der Waals surface area (Å²) in [6.45, 7) is 0. The van der Waals surface area contributed by atoms with Crippen LogP contribution in [0.25, 0.3) is 0 Å². The van der Waals surface area contributed by atoms with Crippen LogP contribution < -0.4 is 0 Å². The fourth-order valence-electron chi connectivity index (χ4n) is 1.19. The third-order valence-corrected chi connectivity index (χ3v) is 2.07. The first-order valence-electron chi connectivity index (χ1n) is 5.20. The summed E-state index contributed by atoms with van der Waals surface area (Å²) in [5.74, 6) is -1.39. The highest BCUT2D eigenvalue weighted by atomic mass is 19.1. The minimum atomic E-state index is -0.799. The normalized spacial score (nSPS) is 9.30. The summed E-state index contributed by atoms with van der Waals surface area (Å²) in [7, 11) is 0. The lowest BCUT2D eigenvalue weighted by Gasteiger charge is -1.89. The summed E-state index contributed by atoms with van der Waals surface area (Å²) >= 11 is 0. The number of nitro benzene ring substituents is 2. The monoisotopic (exact) mass is 282 g/mol. The summed E-state index contributed by atoms with van der Waals surface area (Å²) in [5.41, 5.74) is -0.706. The Morgan fingerprint density at radius 1 is 0.850 bits per heavy atom. The molecule has 0 aliphatic carbocycles. The van der Waals surface area contributed by atoms with Gasteiger partial charge in [0.25, 0.3) is 5.69 Å². The van der Waals surface area contributed by atoms with E-state index in [1.54, 1.807) is 0 Å². The maximum atomic E-state index is 12.4. The molecule has 0 fully saturated rings. The van der Waals surface area contributed by atoms with Crippen LogP contribution in [0.4, 0.5) is 20.2 Å². The maximum Gasteiger partial charge on any atom is 0.304 e. The van der Waals surface area contributed by atoms with Gasteiger partial charge in [-0.05, 0) is 12.1 Å². The van der Waals surface area contributed by atoms with Crippen molar-refractivity contribution in [2.75, 3.05) is 0 Å². The molecule has 6 nitrogen and oxygen atoms in total. The van der Waals surface area contributed by atoms with E-state index < -0.39 is 27.2 Å². The first-order chi connectivity index (χ1) is 9.41. The van der Waals surface area contributed by atoms with Crippen LogP contribution in [0.5, 0.6) is 0 Å². The fraction of sp³-hybridized carbons (Fsp3) is 0. The van der Waals surface area contributed by atoms with Crippen LogP contribution in [0.3, 0.4) is 0 Å². The molecular weight excluding hydrogens is 274 g/mol. The number of hydrogen-bond donors (Lipinski definition) is 0. The third-order valence-electron chi connectivity index (χ3n) is 2.07. The predicted octanol–water partition coefficient (Wildman–Crippen LogP) is 3.47. The lowest BCUT2D eigenvalue weighted by Crippen LogP contribution is -1.90. The van der Waals surface area contributed by atoms with Gasteiger partial charge in [-0.15, -0.1) is 0 Å². The van der Waals surface area contributed by atoms with E-state index in [4.69, 9.17) is 0 Å². The Bertz CT molecular complexity index is 634. The summed E-state index contributed by atoms with van der Waals surface area (Å²) in [6.07, 6.45) is 0. The zero-order valence-electron chi connectivity index (χ0n) is 9.90. The minimum absolute atomic E-state index is 0.222. The highest BCUT2D eigenvalue weighted by Gasteiger charge is 2.10. The van der Waals surface area contributed by atoms with E-state index in [0.717, 1.165) is 24.3 Å². The molecule has 2 rings (SSSR count). The van der Waals surface area contributed by atoms with Crippen LogP contribution >= 0.6 is 0 Å². The molecule has 0 aliphatic heterocycles. The number of non-ortho nitro benzene ring substituents is 1. The molecule has 0 aromatic heterocycles. The van der Waals surface area contributed by atoms with E-state index in [1.807, 2.05) is 0 Å². The highest BCUT2D eigenvalue weighted by molar-refractivity contribution is 5.30. The van der Waals surface area contributed by atoms with Crippen LogP contribution in [0.2, 0.25) is 0 Å². The minimum Gasteiger partial charge on any atom is -0.258 e. The lowest BCUT2D eigenvalue weighted by molar-refractivity contribution is -0.387. The molecule has 104 valence electrons. The number of benzene rings is 2. The van der Waals surface area contributed by atoms with Crippen molar-refractivity contribution in [2.45, 2.75) is 0 Å². The van der Waals surface area contributed by atoms with Crippen molar-refractivity contribution in [1.82, 2.24) is 0 Å². The Hall–Kier alpha value is -2.90. The van der Waals surface area contributed by atoms with Crippen LogP contribution in [-0.2, 0) is 0 Å². The largest absolute Gasteiger partial charge is 0.304 e. The van der Waals surface area contributed by atoms with Crippen LogP contribution in [0.15, 0.2) is 48.5 Å². The number of nitrogens with zero attached hydrogens (tertiary/aromatic N) is 2. The van der Waals surface area contributed by atoms with Gasteiger partial charge in [-0.3, -0.25) is 20.2 Å². The van der Waals surface area contributed by atoms with E-state index in [1.165, 1.54) is 24.3 Å². The first-order valence-corrected chi connectivity index (χ1v) is 5.20. The van der Waals surface area contributed by atoms with Gasteiger partial charge in [0.05, 0.1) is 15.9 Å². The Morgan fingerprint density at radius 3 is 1.90 bits per heavy atom. The van der Waals surface area contributed by atoms with E-state index >= 15 is 0 Å². The molecule has 0 unspecified atom stereocenters. The average Bonchev–Trinajstić information content (AvgIpc) is 2.39. The Kier molecular flexibility index (Phi) is 5.21. The molecule has 0 spiro atoms. The SMILES string of the molecule is O=[N+]([O-])c1cccc(F)c1.O=[N+]([O-])c1ccccc1F. The van der Waals surface area contributed by atoms with E-state index in [0.29, 0.717) is 0 Å². The topological polar surface area (TPSA) is 86.3 Å². The smallest absolute Gasteiger partial charge is 0.258 e. The Balaban J connectivity index is 0.000000200. The molecule has 0 bridgehead atoms. The van der Waals surface area contributed by atoms with Crippen molar-refractivity contribution in [3.05, 3.63) is 80.4 Å². The van der Waals surface area contributed by atoms with Crippen LogP contribution in [0.1, 0.15) is 0 Å². The molecule has 2 aromatic carbocycles. The second kappa shape index (κ2) is 6.88. The Morgan fingerprint density at radius 2 is 1.50 bits per heavy atom. The van der Waals surface area contributed by atoms with Crippen molar-refractivity contribution in [1.29, 1.82) is 0 Å². The summed E-state index contributed by atoms with van der Waals surface area (Å²) in [4.78, 5) is 18.6. The van der Waals surface area contributed by atoms with Gasteiger partial charge in [0.15, 0.2) is 0 Å². The molecular formula is C12H8F2N2O4. The summed E-state index contributed by atoms with van der Waals surface area (Å²) in [6, 6.07) is 9.57. The Labute approximate surface area is 111 Å². The van der Waals surface area contributed by atoms with Crippen molar-refractivity contribution in [3.63, 3.8) is 0 Å². The van der Waals surface area contributed by atoms with Gasteiger partial charge in [0.2, 0.25) is 5.82 Å². The van der Waals surface area contributed by atoms with Gasteiger partial charge >= 0.3 is 5.69 Å². The predicted molar refractivity (Wildman–Crippen MR) is 66.1 cm³/mol. The van der Waals surface area contributed by atoms with Crippen molar-refractivity contribution >= 4 is 11.4 Å². The number of nitro groups is 2. The number of para-hydroxylation sites is 1. The molecule has 8 heteroatoms. The summed E-state index contributed by atoms with van der Waals surface area (Å²) in [5, 5.41) is 20.0. The number of halogens is 2. The average molecular weight is 282 g/mol.